The first-order valence-corrected chi connectivity index (χ1v) is 7.37. The summed E-state index contributed by atoms with van der Waals surface area (Å²) >= 11 is 0. The van der Waals surface area contributed by atoms with Crippen LogP contribution in [0.15, 0.2) is 47.5 Å². The minimum absolute atomic E-state index is 0. The Bertz CT molecular complexity index is 726. The topological polar surface area (TPSA) is 59.6 Å². The molecule has 0 unspecified atom stereocenters. The van der Waals surface area contributed by atoms with Crippen LogP contribution < -0.4 is 15.8 Å². The van der Waals surface area contributed by atoms with Crippen molar-refractivity contribution < 1.29 is 17.9 Å². The van der Waals surface area contributed by atoms with Gasteiger partial charge in [-0.15, -0.1) is 24.0 Å². The second-order valence-corrected chi connectivity index (χ2v) is 4.98. The molecule has 4 nitrogen and oxygen atoms in total. The molecule has 136 valence electrons. The maximum atomic E-state index is 13.8. The minimum Gasteiger partial charge on any atom is -0.434 e. The van der Waals surface area contributed by atoms with Crippen molar-refractivity contribution in [3.63, 3.8) is 0 Å². The Morgan fingerprint density at radius 3 is 2.64 bits per heavy atom. The number of alkyl halides is 2. The molecule has 0 spiro atoms. The highest BCUT2D eigenvalue weighted by molar-refractivity contribution is 14.0. The van der Waals surface area contributed by atoms with Crippen molar-refractivity contribution in [2.24, 2.45) is 10.7 Å². The van der Waals surface area contributed by atoms with Crippen LogP contribution in [-0.2, 0) is 13.0 Å². The monoisotopic (exact) mass is 465 g/mol. The first-order valence-electron chi connectivity index (χ1n) is 7.37. The average molecular weight is 465 g/mol. The molecule has 25 heavy (non-hydrogen) atoms. The zero-order valence-electron chi connectivity index (χ0n) is 13.5. The third kappa shape index (κ3) is 6.45. The van der Waals surface area contributed by atoms with Crippen molar-refractivity contribution in [2.45, 2.75) is 26.5 Å². The summed E-state index contributed by atoms with van der Waals surface area (Å²) in [6.45, 7) is -1.23. The highest BCUT2D eigenvalue weighted by Gasteiger charge is 2.13. The van der Waals surface area contributed by atoms with E-state index in [4.69, 9.17) is 5.73 Å². The quantitative estimate of drug-likeness (QED) is 0.375. The second-order valence-electron chi connectivity index (χ2n) is 4.98. The lowest BCUT2D eigenvalue weighted by Gasteiger charge is -2.11. The van der Waals surface area contributed by atoms with Crippen molar-refractivity contribution in [1.82, 2.24) is 0 Å². The van der Waals surface area contributed by atoms with Crippen LogP contribution in [-0.4, -0.2) is 12.6 Å². The van der Waals surface area contributed by atoms with E-state index in [2.05, 4.69) is 15.0 Å². The van der Waals surface area contributed by atoms with Gasteiger partial charge in [0.1, 0.15) is 11.6 Å². The Kier molecular flexibility index (Phi) is 8.53. The van der Waals surface area contributed by atoms with E-state index in [-0.39, 0.29) is 47.8 Å². The van der Waals surface area contributed by atoms with Gasteiger partial charge in [0.15, 0.2) is 5.96 Å². The number of guanidine groups is 1. The van der Waals surface area contributed by atoms with E-state index in [0.717, 1.165) is 23.7 Å². The summed E-state index contributed by atoms with van der Waals surface area (Å²) in [5.41, 5.74) is 7.56. The maximum absolute atomic E-state index is 13.8. The van der Waals surface area contributed by atoms with E-state index in [1.54, 1.807) is 0 Å². The van der Waals surface area contributed by atoms with E-state index in [1.807, 2.05) is 31.2 Å². The van der Waals surface area contributed by atoms with E-state index in [9.17, 15) is 13.2 Å². The van der Waals surface area contributed by atoms with E-state index in [1.165, 1.54) is 12.1 Å². The summed E-state index contributed by atoms with van der Waals surface area (Å²) in [6, 6.07) is 11.3. The number of halogens is 4. The second kappa shape index (κ2) is 10.1. The SMILES string of the molecule is CCc1cccc(NC(N)=NCc2c(F)cccc2OC(F)F)c1.I. The minimum atomic E-state index is -3.04. The van der Waals surface area contributed by atoms with Crippen molar-refractivity contribution in [2.75, 3.05) is 5.32 Å². The number of aliphatic imine (C=N–C) groups is 1. The molecule has 0 bridgehead atoms. The smallest absolute Gasteiger partial charge is 0.387 e. The number of benzene rings is 2. The number of rotatable bonds is 6. The number of nitrogens with zero attached hydrogens (tertiary/aromatic N) is 1. The molecule has 0 aromatic heterocycles. The van der Waals surface area contributed by atoms with Crippen LogP contribution in [0.25, 0.3) is 0 Å². The Labute approximate surface area is 161 Å². The zero-order chi connectivity index (χ0) is 17.5. The number of aryl methyl sites for hydroxylation is 1. The summed E-state index contributed by atoms with van der Waals surface area (Å²) in [5.74, 6) is -0.887. The zero-order valence-corrected chi connectivity index (χ0v) is 15.8. The fourth-order valence-corrected chi connectivity index (χ4v) is 2.12. The number of hydrogen-bond donors (Lipinski definition) is 2. The van der Waals surface area contributed by atoms with Crippen LogP contribution in [0, 0.1) is 5.82 Å². The predicted octanol–water partition coefficient (Wildman–Crippen LogP) is 4.53. The van der Waals surface area contributed by atoms with Gasteiger partial charge in [0.25, 0.3) is 0 Å². The molecule has 0 amide bonds. The molecule has 2 aromatic carbocycles. The van der Waals surface area contributed by atoms with Crippen molar-refractivity contribution in [1.29, 1.82) is 0 Å². The lowest BCUT2D eigenvalue weighted by molar-refractivity contribution is -0.0506. The van der Waals surface area contributed by atoms with Gasteiger partial charge >= 0.3 is 6.61 Å². The van der Waals surface area contributed by atoms with Crippen LogP contribution in [0.2, 0.25) is 0 Å². The molecule has 0 atom stereocenters. The van der Waals surface area contributed by atoms with E-state index < -0.39 is 12.4 Å². The molecule has 0 aliphatic carbocycles. The van der Waals surface area contributed by atoms with Gasteiger partial charge in [-0.1, -0.05) is 25.1 Å². The fourth-order valence-electron chi connectivity index (χ4n) is 2.12. The predicted molar refractivity (Wildman–Crippen MR) is 103 cm³/mol. The Balaban J connectivity index is 0.00000312. The lowest BCUT2D eigenvalue weighted by atomic mass is 10.1. The Morgan fingerprint density at radius 2 is 1.96 bits per heavy atom. The molecular formula is C17H19F3IN3O. The maximum Gasteiger partial charge on any atom is 0.387 e. The van der Waals surface area contributed by atoms with Gasteiger partial charge in [0.2, 0.25) is 0 Å². The molecule has 2 aromatic rings. The molecule has 0 fully saturated rings. The fraction of sp³-hybridized carbons (Fsp3) is 0.235. The third-order valence-electron chi connectivity index (χ3n) is 3.31. The van der Waals surface area contributed by atoms with Gasteiger partial charge in [-0.05, 0) is 36.2 Å². The largest absolute Gasteiger partial charge is 0.434 e. The van der Waals surface area contributed by atoms with Crippen molar-refractivity contribution in [3.8, 4) is 5.75 Å². The lowest BCUT2D eigenvalue weighted by Crippen LogP contribution is -2.22. The highest BCUT2D eigenvalue weighted by Crippen LogP contribution is 2.24. The van der Waals surface area contributed by atoms with Crippen LogP contribution in [0.1, 0.15) is 18.1 Å². The summed E-state index contributed by atoms with van der Waals surface area (Å²) in [7, 11) is 0. The van der Waals surface area contributed by atoms with Crippen LogP contribution in [0.3, 0.4) is 0 Å². The van der Waals surface area contributed by atoms with Crippen LogP contribution in [0.5, 0.6) is 5.75 Å². The summed E-state index contributed by atoms with van der Waals surface area (Å²) in [6.07, 6.45) is 0.871. The molecule has 0 saturated heterocycles. The highest BCUT2D eigenvalue weighted by atomic mass is 127. The van der Waals surface area contributed by atoms with Gasteiger partial charge in [-0.3, -0.25) is 0 Å². The Morgan fingerprint density at radius 1 is 1.24 bits per heavy atom. The molecule has 0 saturated carbocycles. The summed E-state index contributed by atoms with van der Waals surface area (Å²) in [5, 5.41) is 2.88. The number of anilines is 1. The first kappa shape index (κ1) is 21.1. The van der Waals surface area contributed by atoms with Gasteiger partial charge in [-0.2, -0.15) is 8.78 Å². The molecular weight excluding hydrogens is 446 g/mol. The average Bonchev–Trinajstić information content (AvgIpc) is 2.54. The number of nitrogens with one attached hydrogen (secondary N) is 1. The molecule has 0 radical (unpaired) electrons. The van der Waals surface area contributed by atoms with Crippen molar-refractivity contribution >= 4 is 35.6 Å². The molecule has 0 heterocycles. The number of ether oxygens (including phenoxy) is 1. The normalized spacial score (nSPS) is 11.2. The third-order valence-corrected chi connectivity index (χ3v) is 3.31. The van der Waals surface area contributed by atoms with Gasteiger partial charge in [0, 0.05) is 5.69 Å². The van der Waals surface area contributed by atoms with E-state index in [0.29, 0.717) is 0 Å². The van der Waals surface area contributed by atoms with Crippen LogP contribution in [0.4, 0.5) is 18.9 Å². The van der Waals surface area contributed by atoms with Gasteiger partial charge in [-0.25, -0.2) is 9.38 Å². The first-order chi connectivity index (χ1) is 11.5. The van der Waals surface area contributed by atoms with Gasteiger partial charge in [0.05, 0.1) is 12.1 Å². The summed E-state index contributed by atoms with van der Waals surface area (Å²) < 4.78 is 42.9. The van der Waals surface area contributed by atoms with Gasteiger partial charge < -0.3 is 15.8 Å². The molecule has 0 aliphatic rings. The molecule has 0 aliphatic heterocycles. The number of nitrogens with two attached hydrogens (primary N) is 1. The molecule has 8 heteroatoms. The standard InChI is InChI=1S/C17H18F3N3O.HI/c1-2-11-5-3-6-12(9-11)23-17(21)22-10-13-14(18)7-4-8-15(13)24-16(19)20;/h3-9,16H,2,10H2,1H3,(H3,21,22,23);1H. The Hall–Kier alpha value is -1.97. The number of hydrogen-bond acceptors (Lipinski definition) is 2. The van der Waals surface area contributed by atoms with E-state index >= 15 is 0 Å². The van der Waals surface area contributed by atoms with Crippen molar-refractivity contribution in [3.05, 3.63) is 59.4 Å². The summed E-state index contributed by atoms with van der Waals surface area (Å²) in [4.78, 5) is 3.99. The molecule has 2 rings (SSSR count). The molecule has 3 N–H and O–H groups in total. The van der Waals surface area contributed by atoms with Crippen LogP contribution >= 0.6 is 24.0 Å².